The van der Waals surface area contributed by atoms with Gasteiger partial charge in [-0.1, -0.05) is 11.6 Å². The van der Waals surface area contributed by atoms with Crippen LogP contribution in [0.3, 0.4) is 0 Å². The summed E-state index contributed by atoms with van der Waals surface area (Å²) in [4.78, 5) is 11.9. The Hall–Kier alpha value is -1.55. The number of nitrogens with zero attached hydrogens (tertiary/aromatic N) is 3. The van der Waals surface area contributed by atoms with E-state index in [1.54, 1.807) is 13.0 Å². The van der Waals surface area contributed by atoms with Crippen molar-refractivity contribution in [1.29, 1.82) is 0 Å². The molecule has 0 N–H and O–H groups in total. The van der Waals surface area contributed by atoms with E-state index in [2.05, 4.69) is 15.0 Å². The van der Waals surface area contributed by atoms with Crippen molar-refractivity contribution in [2.45, 2.75) is 6.92 Å². The van der Waals surface area contributed by atoms with Crippen molar-refractivity contribution in [3.8, 4) is 11.4 Å². The Kier molecular flexibility index (Phi) is 2.60. The fourth-order valence-corrected chi connectivity index (χ4v) is 1.43. The maximum Gasteiger partial charge on any atom is 0.162 e. The van der Waals surface area contributed by atoms with Crippen molar-refractivity contribution in [3.63, 3.8) is 0 Å². The molecule has 0 saturated heterocycles. The summed E-state index contributed by atoms with van der Waals surface area (Å²) in [7, 11) is 0. The molecule has 0 aromatic carbocycles. The molecule has 0 bridgehead atoms. The molecule has 0 aliphatic carbocycles. The zero-order valence-corrected chi connectivity index (χ0v) is 8.66. The molecule has 0 unspecified atom stereocenters. The Morgan fingerprint density at radius 3 is 2.67 bits per heavy atom. The van der Waals surface area contributed by atoms with Crippen molar-refractivity contribution in [1.82, 2.24) is 15.0 Å². The minimum Gasteiger partial charge on any atom is -0.261 e. The molecule has 0 fully saturated rings. The molecule has 0 aliphatic rings. The SMILES string of the molecule is Cc1cc(Cl)nc(-c2cncc(F)c2)n1. The van der Waals surface area contributed by atoms with Gasteiger partial charge in [-0.15, -0.1) is 0 Å². The van der Waals surface area contributed by atoms with Gasteiger partial charge in [0.05, 0.1) is 6.20 Å². The number of aryl methyl sites for hydroxylation is 1. The van der Waals surface area contributed by atoms with E-state index in [1.807, 2.05) is 0 Å². The first-order valence-electron chi connectivity index (χ1n) is 4.27. The van der Waals surface area contributed by atoms with E-state index in [-0.39, 0.29) is 0 Å². The van der Waals surface area contributed by atoms with Crippen LogP contribution in [-0.4, -0.2) is 15.0 Å². The zero-order valence-electron chi connectivity index (χ0n) is 7.91. The second-order valence-corrected chi connectivity index (χ2v) is 3.43. The van der Waals surface area contributed by atoms with Gasteiger partial charge in [0, 0.05) is 17.5 Å². The first kappa shape index (κ1) is 9.98. The fraction of sp³-hybridized carbons (Fsp3) is 0.100. The Labute approximate surface area is 91.0 Å². The number of rotatable bonds is 1. The first-order valence-corrected chi connectivity index (χ1v) is 4.65. The molecular weight excluding hydrogens is 217 g/mol. The third kappa shape index (κ3) is 2.27. The number of aromatic nitrogens is 3. The highest BCUT2D eigenvalue weighted by Gasteiger charge is 2.05. The van der Waals surface area contributed by atoms with Gasteiger partial charge in [0.1, 0.15) is 11.0 Å². The van der Waals surface area contributed by atoms with Crippen LogP contribution >= 0.6 is 11.6 Å². The van der Waals surface area contributed by atoms with Gasteiger partial charge < -0.3 is 0 Å². The maximum atomic E-state index is 12.9. The molecule has 0 saturated carbocycles. The quantitative estimate of drug-likeness (QED) is 0.698. The Balaban J connectivity index is 2.54. The second-order valence-electron chi connectivity index (χ2n) is 3.05. The fourth-order valence-electron chi connectivity index (χ4n) is 1.19. The van der Waals surface area contributed by atoms with Crippen LogP contribution < -0.4 is 0 Å². The highest BCUT2D eigenvalue weighted by molar-refractivity contribution is 6.29. The highest BCUT2D eigenvalue weighted by atomic mass is 35.5. The third-order valence-corrected chi connectivity index (χ3v) is 1.98. The van der Waals surface area contributed by atoms with Crippen LogP contribution in [0.5, 0.6) is 0 Å². The summed E-state index contributed by atoms with van der Waals surface area (Å²) >= 11 is 5.77. The third-order valence-electron chi connectivity index (χ3n) is 1.79. The molecule has 3 nitrogen and oxygen atoms in total. The number of hydrogen-bond donors (Lipinski definition) is 0. The summed E-state index contributed by atoms with van der Waals surface area (Å²) < 4.78 is 12.9. The lowest BCUT2D eigenvalue weighted by molar-refractivity contribution is 0.622. The lowest BCUT2D eigenvalue weighted by Crippen LogP contribution is -1.93. The summed E-state index contributed by atoms with van der Waals surface area (Å²) in [6, 6.07) is 2.95. The molecule has 15 heavy (non-hydrogen) atoms. The predicted molar refractivity (Wildman–Crippen MR) is 55.0 cm³/mol. The topological polar surface area (TPSA) is 38.7 Å². The number of pyridine rings is 1. The monoisotopic (exact) mass is 223 g/mol. The van der Waals surface area contributed by atoms with E-state index in [0.717, 1.165) is 11.9 Å². The average Bonchev–Trinajstić information content (AvgIpc) is 2.16. The van der Waals surface area contributed by atoms with Crippen LogP contribution in [-0.2, 0) is 0 Å². The molecular formula is C10H7ClFN3. The average molecular weight is 224 g/mol. The Morgan fingerprint density at radius 1 is 1.20 bits per heavy atom. The van der Waals surface area contributed by atoms with Gasteiger partial charge in [-0.05, 0) is 19.1 Å². The van der Waals surface area contributed by atoms with Crippen LogP contribution in [0.1, 0.15) is 5.69 Å². The molecule has 0 amide bonds. The molecule has 2 rings (SSSR count). The van der Waals surface area contributed by atoms with E-state index in [9.17, 15) is 4.39 Å². The van der Waals surface area contributed by atoms with Crippen molar-refractivity contribution >= 4 is 11.6 Å². The molecule has 2 aromatic rings. The van der Waals surface area contributed by atoms with Gasteiger partial charge in [0.2, 0.25) is 0 Å². The predicted octanol–water partition coefficient (Wildman–Crippen LogP) is 2.64. The number of halogens is 2. The van der Waals surface area contributed by atoms with Gasteiger partial charge in [-0.25, -0.2) is 14.4 Å². The smallest absolute Gasteiger partial charge is 0.162 e. The zero-order chi connectivity index (χ0) is 10.8. The molecule has 76 valence electrons. The van der Waals surface area contributed by atoms with E-state index >= 15 is 0 Å². The van der Waals surface area contributed by atoms with E-state index in [4.69, 9.17) is 11.6 Å². The Morgan fingerprint density at radius 2 is 2.00 bits per heavy atom. The highest BCUT2D eigenvalue weighted by Crippen LogP contribution is 2.17. The van der Waals surface area contributed by atoms with Crippen molar-refractivity contribution < 1.29 is 4.39 Å². The van der Waals surface area contributed by atoms with Crippen molar-refractivity contribution in [2.75, 3.05) is 0 Å². The minimum atomic E-state index is -0.422. The van der Waals surface area contributed by atoms with Crippen molar-refractivity contribution in [2.24, 2.45) is 0 Å². The summed E-state index contributed by atoms with van der Waals surface area (Å²) in [5, 5.41) is 0.335. The Bertz CT molecular complexity index is 482. The van der Waals surface area contributed by atoms with E-state index in [1.165, 1.54) is 12.3 Å². The molecule has 0 radical (unpaired) electrons. The first-order chi connectivity index (χ1) is 7.15. The molecule has 2 aromatic heterocycles. The van der Waals surface area contributed by atoms with Crippen molar-refractivity contribution in [3.05, 3.63) is 41.2 Å². The van der Waals surface area contributed by atoms with Gasteiger partial charge >= 0.3 is 0 Å². The van der Waals surface area contributed by atoms with Crippen LogP contribution in [0.4, 0.5) is 4.39 Å². The lowest BCUT2D eigenvalue weighted by atomic mass is 10.2. The van der Waals surface area contributed by atoms with Crippen LogP contribution in [0.25, 0.3) is 11.4 Å². The van der Waals surface area contributed by atoms with E-state index < -0.39 is 5.82 Å². The van der Waals surface area contributed by atoms with Crippen LogP contribution in [0, 0.1) is 12.7 Å². The summed E-state index contributed by atoms with van der Waals surface area (Å²) in [5.41, 5.74) is 1.25. The summed E-state index contributed by atoms with van der Waals surface area (Å²) in [6.45, 7) is 1.80. The standard InChI is InChI=1S/C10H7ClFN3/c1-6-2-9(11)15-10(14-6)7-3-8(12)5-13-4-7/h2-5H,1H3. The minimum absolute atomic E-state index is 0.335. The lowest BCUT2D eigenvalue weighted by Gasteiger charge is -2.01. The van der Waals surface area contributed by atoms with Gasteiger partial charge in [0.25, 0.3) is 0 Å². The van der Waals surface area contributed by atoms with Gasteiger partial charge in [0.15, 0.2) is 5.82 Å². The summed E-state index contributed by atoms with van der Waals surface area (Å²) in [6.07, 6.45) is 2.62. The van der Waals surface area contributed by atoms with Gasteiger partial charge in [-0.3, -0.25) is 4.98 Å². The molecule has 5 heteroatoms. The largest absolute Gasteiger partial charge is 0.261 e. The molecule has 0 atom stereocenters. The number of hydrogen-bond acceptors (Lipinski definition) is 3. The molecule has 2 heterocycles. The van der Waals surface area contributed by atoms with E-state index in [0.29, 0.717) is 16.5 Å². The molecule has 0 aliphatic heterocycles. The second kappa shape index (κ2) is 3.90. The van der Waals surface area contributed by atoms with Gasteiger partial charge in [-0.2, -0.15) is 0 Å². The summed E-state index contributed by atoms with van der Waals surface area (Å²) in [5.74, 6) is -0.0410. The molecule has 0 spiro atoms. The maximum absolute atomic E-state index is 12.9. The van der Waals surface area contributed by atoms with Crippen LogP contribution in [0.2, 0.25) is 5.15 Å². The van der Waals surface area contributed by atoms with Crippen LogP contribution in [0.15, 0.2) is 24.5 Å². The normalized spacial score (nSPS) is 10.3.